The van der Waals surface area contributed by atoms with Crippen molar-refractivity contribution in [1.82, 2.24) is 5.43 Å². The van der Waals surface area contributed by atoms with Crippen LogP contribution < -0.4 is 11.3 Å². The topological polar surface area (TPSA) is 38.0 Å². The van der Waals surface area contributed by atoms with E-state index in [1.54, 1.807) is 0 Å². The fourth-order valence-electron chi connectivity index (χ4n) is 1.93. The van der Waals surface area contributed by atoms with Crippen molar-refractivity contribution in [3.05, 3.63) is 0 Å². The molecule has 17 heavy (non-hydrogen) atoms. The van der Waals surface area contributed by atoms with E-state index < -0.39 is 0 Å². The second-order valence-corrected chi connectivity index (χ2v) is 6.00. The van der Waals surface area contributed by atoms with Gasteiger partial charge in [-0.3, -0.25) is 11.3 Å². The highest BCUT2D eigenvalue weighted by Gasteiger charge is 2.05. The molecule has 0 saturated carbocycles. The SMILES string of the molecule is CCCCCCCCCC(CSCCC)NN. The molecule has 3 N–H and O–H groups in total. The summed E-state index contributed by atoms with van der Waals surface area (Å²) in [7, 11) is 0. The first-order valence-electron chi connectivity index (χ1n) is 7.39. The summed E-state index contributed by atoms with van der Waals surface area (Å²) in [4.78, 5) is 0. The van der Waals surface area contributed by atoms with Crippen LogP contribution in [0.15, 0.2) is 0 Å². The van der Waals surface area contributed by atoms with Gasteiger partial charge in [-0.25, -0.2) is 0 Å². The largest absolute Gasteiger partial charge is 0.271 e. The Labute approximate surface area is 112 Å². The van der Waals surface area contributed by atoms with Gasteiger partial charge in [0.1, 0.15) is 0 Å². The van der Waals surface area contributed by atoms with Crippen LogP contribution in [0.2, 0.25) is 0 Å². The molecule has 0 aliphatic rings. The maximum atomic E-state index is 5.57. The summed E-state index contributed by atoms with van der Waals surface area (Å²) in [5.74, 6) is 8.00. The molecule has 0 aliphatic heterocycles. The molecule has 2 nitrogen and oxygen atoms in total. The lowest BCUT2D eigenvalue weighted by molar-refractivity contribution is 0.492. The maximum absolute atomic E-state index is 5.57. The second-order valence-electron chi connectivity index (χ2n) is 4.85. The number of hydrazine groups is 1. The summed E-state index contributed by atoms with van der Waals surface area (Å²) >= 11 is 2.02. The van der Waals surface area contributed by atoms with E-state index in [-0.39, 0.29) is 0 Å². The highest BCUT2D eigenvalue weighted by Crippen LogP contribution is 2.12. The van der Waals surface area contributed by atoms with Crippen molar-refractivity contribution in [2.45, 2.75) is 77.7 Å². The van der Waals surface area contributed by atoms with E-state index in [4.69, 9.17) is 5.84 Å². The molecule has 0 saturated heterocycles. The van der Waals surface area contributed by atoms with Gasteiger partial charge in [0.25, 0.3) is 0 Å². The van der Waals surface area contributed by atoms with Crippen LogP contribution in [0.1, 0.15) is 71.6 Å². The lowest BCUT2D eigenvalue weighted by atomic mass is 10.1. The van der Waals surface area contributed by atoms with Gasteiger partial charge in [0.2, 0.25) is 0 Å². The van der Waals surface area contributed by atoms with Crippen LogP contribution >= 0.6 is 11.8 Å². The molecule has 0 fully saturated rings. The van der Waals surface area contributed by atoms with Gasteiger partial charge in [0.05, 0.1) is 0 Å². The first kappa shape index (κ1) is 17.3. The molecule has 1 unspecified atom stereocenters. The van der Waals surface area contributed by atoms with Crippen molar-refractivity contribution >= 4 is 11.8 Å². The summed E-state index contributed by atoms with van der Waals surface area (Å²) in [5, 5.41) is 0. The second kappa shape index (κ2) is 14.3. The highest BCUT2D eigenvalue weighted by atomic mass is 32.2. The molecule has 1 atom stereocenters. The summed E-state index contributed by atoms with van der Waals surface area (Å²) in [5.41, 5.74) is 2.95. The predicted molar refractivity (Wildman–Crippen MR) is 81.3 cm³/mol. The minimum absolute atomic E-state index is 0.516. The number of rotatable bonds is 13. The van der Waals surface area contributed by atoms with Gasteiger partial charge in [-0.1, -0.05) is 58.8 Å². The Morgan fingerprint density at radius 2 is 1.59 bits per heavy atom. The van der Waals surface area contributed by atoms with E-state index in [2.05, 4.69) is 19.3 Å². The fraction of sp³-hybridized carbons (Fsp3) is 1.00. The van der Waals surface area contributed by atoms with Crippen LogP contribution in [0.25, 0.3) is 0 Å². The van der Waals surface area contributed by atoms with E-state index in [9.17, 15) is 0 Å². The number of hydrogen-bond acceptors (Lipinski definition) is 3. The third-order valence-corrected chi connectivity index (χ3v) is 4.39. The van der Waals surface area contributed by atoms with Gasteiger partial charge in [-0.05, 0) is 18.6 Å². The monoisotopic (exact) mass is 260 g/mol. The number of thioether (sulfide) groups is 1. The first-order valence-corrected chi connectivity index (χ1v) is 8.54. The van der Waals surface area contributed by atoms with Gasteiger partial charge in [0.15, 0.2) is 0 Å². The molecule has 0 aromatic carbocycles. The Hall–Kier alpha value is 0.270. The maximum Gasteiger partial charge on any atom is 0.0301 e. The van der Waals surface area contributed by atoms with E-state index in [0.29, 0.717) is 6.04 Å². The summed E-state index contributed by atoms with van der Waals surface area (Å²) < 4.78 is 0. The molecule has 0 aliphatic carbocycles. The van der Waals surface area contributed by atoms with Gasteiger partial charge in [-0.2, -0.15) is 11.8 Å². The average molecular weight is 260 g/mol. The number of nitrogens with two attached hydrogens (primary N) is 1. The number of hydrogen-bond donors (Lipinski definition) is 2. The highest BCUT2D eigenvalue weighted by molar-refractivity contribution is 7.99. The quantitative estimate of drug-likeness (QED) is 0.297. The molecule has 0 aromatic heterocycles. The molecular weight excluding hydrogens is 228 g/mol. The van der Waals surface area contributed by atoms with E-state index in [1.807, 2.05) is 11.8 Å². The van der Waals surface area contributed by atoms with Gasteiger partial charge in [-0.15, -0.1) is 0 Å². The van der Waals surface area contributed by atoms with Crippen molar-refractivity contribution in [3.63, 3.8) is 0 Å². The number of unbranched alkanes of at least 4 members (excludes halogenated alkanes) is 6. The Morgan fingerprint density at radius 1 is 0.941 bits per heavy atom. The van der Waals surface area contributed by atoms with Crippen LogP contribution in [-0.4, -0.2) is 17.5 Å². The molecule has 0 radical (unpaired) electrons. The zero-order valence-electron chi connectivity index (χ0n) is 11.8. The van der Waals surface area contributed by atoms with E-state index >= 15 is 0 Å². The Morgan fingerprint density at radius 3 is 2.18 bits per heavy atom. The molecule has 0 aromatic rings. The standard InChI is InChI=1S/C14H32N2S/c1-3-5-6-7-8-9-10-11-14(16-15)13-17-12-4-2/h14,16H,3-13,15H2,1-2H3. The summed E-state index contributed by atoms with van der Waals surface area (Å²) in [6.45, 7) is 4.50. The third kappa shape index (κ3) is 12.5. The fourth-order valence-corrected chi connectivity index (χ4v) is 2.94. The van der Waals surface area contributed by atoms with Gasteiger partial charge < -0.3 is 0 Å². The zero-order valence-corrected chi connectivity index (χ0v) is 12.7. The van der Waals surface area contributed by atoms with Gasteiger partial charge in [0, 0.05) is 11.8 Å². The van der Waals surface area contributed by atoms with Crippen LogP contribution in [0.3, 0.4) is 0 Å². The van der Waals surface area contributed by atoms with Crippen LogP contribution in [-0.2, 0) is 0 Å². The Balaban J connectivity index is 3.25. The number of nitrogens with one attached hydrogen (secondary N) is 1. The predicted octanol–water partition coefficient (Wildman–Crippen LogP) is 4.10. The van der Waals surface area contributed by atoms with Crippen LogP contribution in [0.4, 0.5) is 0 Å². The zero-order chi connectivity index (χ0) is 12.8. The summed E-state index contributed by atoms with van der Waals surface area (Å²) in [6.07, 6.45) is 12.2. The van der Waals surface area contributed by atoms with Crippen molar-refractivity contribution in [2.75, 3.05) is 11.5 Å². The van der Waals surface area contributed by atoms with E-state index in [0.717, 1.165) is 0 Å². The third-order valence-electron chi connectivity index (χ3n) is 3.06. The molecule has 0 amide bonds. The Bertz CT molecular complexity index is 142. The van der Waals surface area contributed by atoms with Crippen molar-refractivity contribution in [3.8, 4) is 0 Å². The lowest BCUT2D eigenvalue weighted by Crippen LogP contribution is -2.37. The summed E-state index contributed by atoms with van der Waals surface area (Å²) in [6, 6.07) is 0.516. The molecular formula is C14H32N2S. The molecule has 0 spiro atoms. The average Bonchev–Trinajstić information content (AvgIpc) is 2.35. The van der Waals surface area contributed by atoms with Crippen molar-refractivity contribution < 1.29 is 0 Å². The molecule has 3 heteroatoms. The lowest BCUT2D eigenvalue weighted by Gasteiger charge is -2.15. The van der Waals surface area contributed by atoms with Crippen molar-refractivity contribution in [2.24, 2.45) is 5.84 Å². The minimum Gasteiger partial charge on any atom is -0.271 e. The van der Waals surface area contributed by atoms with Gasteiger partial charge >= 0.3 is 0 Å². The molecule has 0 heterocycles. The molecule has 0 rings (SSSR count). The Kier molecular flexibility index (Phi) is 14.6. The normalized spacial score (nSPS) is 12.9. The first-order chi connectivity index (χ1) is 8.35. The van der Waals surface area contributed by atoms with Crippen LogP contribution in [0.5, 0.6) is 0 Å². The molecule has 0 bridgehead atoms. The van der Waals surface area contributed by atoms with Crippen LogP contribution in [0, 0.1) is 0 Å². The molecule has 104 valence electrons. The smallest absolute Gasteiger partial charge is 0.0301 e. The van der Waals surface area contributed by atoms with Crippen molar-refractivity contribution in [1.29, 1.82) is 0 Å². The minimum atomic E-state index is 0.516. The van der Waals surface area contributed by atoms with E-state index in [1.165, 1.54) is 69.3 Å².